The molecule has 4 aromatic heterocycles. The summed E-state index contributed by atoms with van der Waals surface area (Å²) in [5.41, 5.74) is 1.98. The van der Waals surface area contributed by atoms with Crippen LogP contribution < -0.4 is 36.3 Å². The molecule has 0 spiro atoms. The predicted molar refractivity (Wildman–Crippen MR) is 287 cm³/mol. The van der Waals surface area contributed by atoms with Crippen molar-refractivity contribution in [3.05, 3.63) is 74.2 Å². The van der Waals surface area contributed by atoms with Crippen LogP contribution in [0.1, 0.15) is 108 Å². The molecule has 5 aromatic rings. The number of fused-ring (bicyclic) bond motifs is 6. The number of H-pyrrole nitrogens is 1. The first-order valence-electron chi connectivity index (χ1n) is 26.4. The Balaban J connectivity index is 0.840. The maximum atomic E-state index is 13.9. The predicted octanol–water partition coefficient (Wildman–Crippen LogP) is 3.48. The molecular formula is C54H66N12O11S. The Bertz CT molecular complexity index is 3230. The molecule has 0 unspecified atom stereocenters. The monoisotopic (exact) mass is 1090 g/mol. The Kier molecular flexibility index (Phi) is 18.7. The highest BCUT2D eigenvalue weighted by atomic mass is 32.1. The van der Waals surface area contributed by atoms with Crippen LogP contribution in [0.4, 0.5) is 0 Å². The second-order valence-corrected chi connectivity index (χ2v) is 20.0. The fraction of sp³-hybridized carbons (Fsp3) is 0.500. The van der Waals surface area contributed by atoms with Crippen molar-refractivity contribution in [2.24, 2.45) is 5.92 Å². The molecule has 3 aliphatic rings. The van der Waals surface area contributed by atoms with Gasteiger partial charge in [-0.3, -0.25) is 28.7 Å². The molecule has 0 saturated heterocycles. The smallest absolute Gasteiger partial charge is 0.343 e. The van der Waals surface area contributed by atoms with Crippen LogP contribution in [-0.4, -0.2) is 133 Å². The van der Waals surface area contributed by atoms with Crippen LogP contribution in [0, 0.1) is 22.5 Å². The van der Waals surface area contributed by atoms with Gasteiger partial charge in [-0.05, 0) is 88.4 Å². The van der Waals surface area contributed by atoms with E-state index in [1.807, 2.05) is 20.0 Å². The summed E-state index contributed by atoms with van der Waals surface area (Å²) in [6, 6.07) is 3.26. The van der Waals surface area contributed by atoms with Crippen molar-refractivity contribution < 1.29 is 48.0 Å². The zero-order valence-electron chi connectivity index (χ0n) is 44.5. The molecule has 1 aromatic carbocycles. The summed E-state index contributed by atoms with van der Waals surface area (Å²) in [5, 5.41) is 31.4. The lowest BCUT2D eigenvalue weighted by Crippen LogP contribution is -2.56. The number of esters is 1. The normalized spacial score (nSPS) is 15.7. The van der Waals surface area contributed by atoms with Crippen molar-refractivity contribution in [1.29, 1.82) is 0 Å². The number of aliphatic hydroxyl groups is 1. The molecule has 0 radical (unpaired) electrons. The third kappa shape index (κ3) is 13.0. The minimum absolute atomic E-state index is 0.000488. The van der Waals surface area contributed by atoms with Gasteiger partial charge < -0.3 is 59.8 Å². The molecule has 0 fully saturated rings. The van der Waals surface area contributed by atoms with E-state index in [0.29, 0.717) is 81.2 Å². The van der Waals surface area contributed by atoms with Crippen molar-refractivity contribution in [2.75, 3.05) is 46.3 Å². The van der Waals surface area contributed by atoms with Crippen LogP contribution in [0.5, 0.6) is 11.5 Å². The van der Waals surface area contributed by atoms with Gasteiger partial charge in [0.25, 0.3) is 5.56 Å². The Morgan fingerprint density at radius 3 is 2.50 bits per heavy atom. The first kappa shape index (κ1) is 56.6. The number of nitrogens with zero attached hydrogens (tertiary/aromatic N) is 7. The van der Waals surface area contributed by atoms with Crippen LogP contribution >= 0.6 is 12.2 Å². The van der Waals surface area contributed by atoms with Gasteiger partial charge in [0.1, 0.15) is 37.7 Å². The molecule has 4 amide bonds. The molecule has 0 bridgehead atoms. The number of amides is 4. The lowest BCUT2D eigenvalue weighted by molar-refractivity contribution is -0.172. The summed E-state index contributed by atoms with van der Waals surface area (Å²) < 4.78 is 25.8. The third-order valence-corrected chi connectivity index (χ3v) is 14.4. The molecule has 24 heteroatoms. The SMILES string of the molecule is CCN(CC)CCCC[C@H](NC(=O)[C@@H](NC(=O)CCCCCn1cc(-c2cnc(=S)[nH]c2)nn1)C(C)C)C(=O)NCC(=O)NCOCC#Cc1c2c(nc3cc4c(cc13)OCO4)-c1cc3c(c(=O)n1C2)COC(=O)[C@]3(O)CC. The van der Waals surface area contributed by atoms with Gasteiger partial charge in [-0.1, -0.05) is 58.1 Å². The summed E-state index contributed by atoms with van der Waals surface area (Å²) >= 11 is 5.01. The van der Waals surface area contributed by atoms with Crippen molar-refractivity contribution >= 4 is 52.7 Å². The molecule has 0 aliphatic carbocycles. The summed E-state index contributed by atoms with van der Waals surface area (Å²) in [5.74, 6) is 4.21. The number of unbranched alkanes of at least 4 members (excludes halogenated alkanes) is 3. The van der Waals surface area contributed by atoms with Crippen LogP contribution in [-0.2, 0) is 58.7 Å². The van der Waals surface area contributed by atoms with Gasteiger partial charge in [-0.25, -0.2) is 14.8 Å². The number of pyridine rings is 2. The molecule has 23 nitrogen and oxygen atoms in total. The molecule has 78 heavy (non-hydrogen) atoms. The minimum Gasteiger partial charge on any atom is -0.458 e. The quantitative estimate of drug-likeness (QED) is 0.0157. The number of carbonyl (C=O) groups is 5. The van der Waals surface area contributed by atoms with E-state index in [4.69, 9.17) is 36.1 Å². The van der Waals surface area contributed by atoms with E-state index in [1.54, 1.807) is 42.2 Å². The summed E-state index contributed by atoms with van der Waals surface area (Å²) in [6.07, 6.45) is 9.20. The number of hydrogen-bond acceptors (Lipinski definition) is 17. The number of ether oxygens (including phenoxy) is 4. The summed E-state index contributed by atoms with van der Waals surface area (Å²) in [7, 11) is 0. The molecule has 3 aliphatic heterocycles. The maximum absolute atomic E-state index is 13.9. The van der Waals surface area contributed by atoms with E-state index in [1.165, 1.54) is 4.57 Å². The van der Waals surface area contributed by atoms with Crippen LogP contribution in [0.2, 0.25) is 0 Å². The van der Waals surface area contributed by atoms with Crippen LogP contribution in [0.25, 0.3) is 33.5 Å². The number of rotatable bonds is 25. The second-order valence-electron chi connectivity index (χ2n) is 19.6. The van der Waals surface area contributed by atoms with Gasteiger partial charge in [0.15, 0.2) is 21.9 Å². The maximum Gasteiger partial charge on any atom is 0.343 e. The number of benzene rings is 1. The highest BCUT2D eigenvalue weighted by Crippen LogP contribution is 2.43. The van der Waals surface area contributed by atoms with Crippen molar-refractivity contribution in [1.82, 2.24) is 60.7 Å². The Hall–Kier alpha value is -7.59. The first-order valence-corrected chi connectivity index (χ1v) is 26.8. The highest BCUT2D eigenvalue weighted by Gasteiger charge is 2.45. The van der Waals surface area contributed by atoms with E-state index >= 15 is 0 Å². The standard InChI is InChI=1S/C54H66N12O11S/c1-6-54(73)38-22-42-48-36(27-66(42)51(71)37(38)29-75-52(54)72)34(35-21-43-44(77-31-76-43)23-40(35)59-48)15-14-20-74-30-58-46(68)26-55-49(69)39(16-11-13-18-64(7-2)8-3)60-50(70)47(32(4)5)61-45(67)17-10-9-12-19-65-28-41(62-63-65)33-24-56-53(78)57-25-33/h21-25,28,32,39,47,73H,6-13,16-20,26-27,29-31H2,1-5H3,(H,55,69)(H,58,68)(H,60,70)(H,61,67)(H,56,57,78)/t39-,47-,54-/m0/s1. The number of nitrogens with one attached hydrogen (secondary N) is 5. The molecule has 7 heterocycles. The van der Waals surface area contributed by atoms with Gasteiger partial charge in [0.05, 0.1) is 41.8 Å². The topological polar surface area (TPSA) is 288 Å². The molecule has 0 saturated carbocycles. The third-order valence-electron chi connectivity index (χ3n) is 14.2. The number of aryl methyl sites for hydroxylation is 1. The van der Waals surface area contributed by atoms with Gasteiger partial charge in [-0.2, -0.15) is 0 Å². The largest absolute Gasteiger partial charge is 0.458 e. The fourth-order valence-electron chi connectivity index (χ4n) is 9.62. The lowest BCUT2D eigenvalue weighted by Gasteiger charge is -2.31. The van der Waals surface area contributed by atoms with E-state index < -0.39 is 53.5 Å². The number of hydrogen-bond donors (Lipinski definition) is 6. The van der Waals surface area contributed by atoms with E-state index in [0.717, 1.165) is 44.5 Å². The summed E-state index contributed by atoms with van der Waals surface area (Å²) in [6.45, 7) is 11.8. The van der Waals surface area contributed by atoms with Gasteiger partial charge in [0.2, 0.25) is 30.4 Å². The average molecular weight is 1090 g/mol. The number of carbonyl (C=O) groups excluding carboxylic acids is 5. The molecule has 6 N–H and O–H groups in total. The zero-order valence-corrected chi connectivity index (χ0v) is 45.3. The number of aromatic nitrogens is 7. The minimum atomic E-state index is -1.99. The van der Waals surface area contributed by atoms with E-state index in [2.05, 4.69) is 72.1 Å². The number of cyclic esters (lactones) is 1. The molecule has 414 valence electrons. The van der Waals surface area contributed by atoms with Crippen LogP contribution in [0.15, 0.2) is 41.6 Å². The highest BCUT2D eigenvalue weighted by molar-refractivity contribution is 7.71. The fourth-order valence-corrected chi connectivity index (χ4v) is 9.73. The first-order chi connectivity index (χ1) is 37.6. The van der Waals surface area contributed by atoms with Crippen LogP contribution in [0.3, 0.4) is 0 Å². The Morgan fingerprint density at radius 2 is 1.76 bits per heavy atom. The number of aromatic amines is 1. The van der Waals surface area contributed by atoms with Crippen molar-refractivity contribution in [3.63, 3.8) is 0 Å². The summed E-state index contributed by atoms with van der Waals surface area (Å²) in [4.78, 5) is 94.5. The zero-order chi connectivity index (χ0) is 55.5. The van der Waals surface area contributed by atoms with E-state index in [9.17, 15) is 33.9 Å². The molecular weight excluding hydrogens is 1020 g/mol. The molecule has 3 atom stereocenters. The Morgan fingerprint density at radius 1 is 0.962 bits per heavy atom. The van der Waals surface area contributed by atoms with Crippen molar-refractivity contribution in [2.45, 2.75) is 123 Å². The average Bonchev–Trinajstić information content (AvgIpc) is 4.21. The molecule has 8 rings (SSSR count). The van der Waals surface area contributed by atoms with Gasteiger partial charge in [-0.15, -0.1) is 5.10 Å². The Labute approximate surface area is 455 Å². The van der Waals surface area contributed by atoms with Crippen molar-refractivity contribution in [3.8, 4) is 46.0 Å². The lowest BCUT2D eigenvalue weighted by atomic mass is 9.86. The van der Waals surface area contributed by atoms with Gasteiger partial charge >= 0.3 is 5.97 Å². The van der Waals surface area contributed by atoms with Gasteiger partial charge in [0, 0.05) is 59.1 Å². The van der Waals surface area contributed by atoms with E-state index in [-0.39, 0.29) is 69.1 Å². The second kappa shape index (κ2) is 25.7.